The molecule has 0 spiro atoms. The smallest absolute Gasteiger partial charge is 0.258 e. The number of piperidine rings is 1. The molecule has 1 aromatic carbocycles. The summed E-state index contributed by atoms with van der Waals surface area (Å²) < 4.78 is 1.96. The first-order valence-corrected chi connectivity index (χ1v) is 10.7. The fraction of sp³-hybridized carbons (Fsp3) is 0.375. The Hall–Kier alpha value is -2.99. The normalized spacial score (nSPS) is 15.4. The lowest BCUT2D eigenvalue weighted by Crippen LogP contribution is -2.35. The Bertz CT molecular complexity index is 957. The van der Waals surface area contributed by atoms with Crippen LogP contribution in [-0.4, -0.2) is 38.7 Å². The summed E-state index contributed by atoms with van der Waals surface area (Å²) in [5.41, 5.74) is 3.29. The molecule has 2 aromatic heterocycles. The van der Waals surface area contributed by atoms with Crippen LogP contribution in [0.4, 0.5) is 5.82 Å². The van der Waals surface area contributed by atoms with Gasteiger partial charge in [-0.05, 0) is 42.0 Å². The first-order valence-electron chi connectivity index (χ1n) is 10.7. The largest absolute Gasteiger partial charge is 0.307 e. The van der Waals surface area contributed by atoms with E-state index in [0.717, 1.165) is 38.3 Å². The zero-order chi connectivity index (χ0) is 20.9. The molecule has 1 saturated heterocycles. The summed E-state index contributed by atoms with van der Waals surface area (Å²) in [5.74, 6) is 1.15. The van der Waals surface area contributed by atoms with E-state index in [1.165, 1.54) is 11.1 Å². The molecule has 1 fully saturated rings. The van der Waals surface area contributed by atoms with Crippen molar-refractivity contribution in [2.45, 2.75) is 45.2 Å². The van der Waals surface area contributed by atoms with Crippen molar-refractivity contribution >= 4 is 11.7 Å². The second-order valence-corrected chi connectivity index (χ2v) is 8.26. The molecular weight excluding hydrogens is 374 g/mol. The predicted octanol–water partition coefficient (Wildman–Crippen LogP) is 4.49. The third-order valence-electron chi connectivity index (χ3n) is 5.79. The summed E-state index contributed by atoms with van der Waals surface area (Å²) >= 11 is 0. The molecule has 30 heavy (non-hydrogen) atoms. The van der Waals surface area contributed by atoms with Gasteiger partial charge in [-0.25, -0.2) is 4.68 Å². The molecule has 0 unspecified atom stereocenters. The van der Waals surface area contributed by atoms with E-state index in [0.29, 0.717) is 17.5 Å². The molecule has 0 bridgehead atoms. The Kier molecular flexibility index (Phi) is 6.23. The van der Waals surface area contributed by atoms with Crippen LogP contribution in [0.5, 0.6) is 0 Å². The van der Waals surface area contributed by atoms with Crippen molar-refractivity contribution in [3.8, 4) is 0 Å². The van der Waals surface area contributed by atoms with Gasteiger partial charge in [0, 0.05) is 38.1 Å². The zero-order valence-corrected chi connectivity index (χ0v) is 17.7. The van der Waals surface area contributed by atoms with Crippen molar-refractivity contribution in [2.75, 3.05) is 18.4 Å². The fourth-order valence-electron chi connectivity index (χ4n) is 3.98. The van der Waals surface area contributed by atoms with Crippen LogP contribution in [0.2, 0.25) is 0 Å². The molecule has 0 atom stereocenters. The average molecular weight is 404 g/mol. The number of hydrogen-bond donors (Lipinski definition) is 1. The zero-order valence-electron chi connectivity index (χ0n) is 17.7. The third kappa shape index (κ3) is 4.76. The number of rotatable bonds is 6. The SMILES string of the molecule is CC(C)c1ccc(CN2CCC(n3nccc3NC(=O)c3cccnc3)CC2)cc1. The van der Waals surface area contributed by atoms with Crippen molar-refractivity contribution in [1.29, 1.82) is 0 Å². The summed E-state index contributed by atoms with van der Waals surface area (Å²) in [7, 11) is 0. The molecule has 6 heteroatoms. The number of nitrogens with zero attached hydrogens (tertiary/aromatic N) is 4. The molecule has 0 aliphatic carbocycles. The number of amides is 1. The summed E-state index contributed by atoms with van der Waals surface area (Å²) in [6.45, 7) is 7.47. The molecule has 1 N–H and O–H groups in total. The molecule has 3 aromatic rings. The van der Waals surface area contributed by atoms with Gasteiger partial charge in [-0.3, -0.25) is 14.7 Å². The van der Waals surface area contributed by atoms with E-state index >= 15 is 0 Å². The Labute approximate surface area is 177 Å². The molecule has 0 radical (unpaired) electrons. The van der Waals surface area contributed by atoms with E-state index in [2.05, 4.69) is 58.4 Å². The van der Waals surface area contributed by atoms with Crippen LogP contribution in [0.25, 0.3) is 0 Å². The fourth-order valence-corrected chi connectivity index (χ4v) is 3.98. The minimum absolute atomic E-state index is 0.160. The van der Waals surface area contributed by atoms with Crippen LogP contribution in [0.3, 0.4) is 0 Å². The first kappa shape index (κ1) is 20.3. The molecule has 4 rings (SSSR count). The van der Waals surface area contributed by atoms with Gasteiger partial charge in [-0.2, -0.15) is 5.10 Å². The maximum Gasteiger partial charge on any atom is 0.258 e. The lowest BCUT2D eigenvalue weighted by atomic mass is 10.0. The highest BCUT2D eigenvalue weighted by atomic mass is 16.1. The van der Waals surface area contributed by atoms with Crippen molar-refractivity contribution < 1.29 is 4.79 Å². The highest BCUT2D eigenvalue weighted by molar-refractivity contribution is 6.03. The lowest BCUT2D eigenvalue weighted by Gasteiger charge is -2.32. The molecule has 156 valence electrons. The maximum absolute atomic E-state index is 12.5. The highest BCUT2D eigenvalue weighted by Gasteiger charge is 2.23. The van der Waals surface area contributed by atoms with E-state index in [4.69, 9.17) is 0 Å². The quantitative estimate of drug-likeness (QED) is 0.659. The molecule has 1 aliphatic heterocycles. The molecule has 3 heterocycles. The number of pyridine rings is 1. The molecule has 0 saturated carbocycles. The van der Waals surface area contributed by atoms with E-state index in [9.17, 15) is 4.79 Å². The summed E-state index contributed by atoms with van der Waals surface area (Å²) in [6.07, 6.45) is 7.01. The Morgan fingerprint density at radius 3 is 2.53 bits per heavy atom. The number of benzene rings is 1. The molecule has 1 aliphatic rings. The van der Waals surface area contributed by atoms with Crippen LogP contribution in [0.1, 0.15) is 60.1 Å². The van der Waals surface area contributed by atoms with Crippen molar-refractivity contribution in [1.82, 2.24) is 19.7 Å². The standard InChI is InChI=1S/C24H29N5O/c1-18(2)20-7-5-19(6-8-20)17-28-14-10-22(11-15-28)29-23(9-13-26-29)27-24(30)21-4-3-12-25-16-21/h3-9,12-13,16,18,22H,10-11,14-15,17H2,1-2H3,(H,27,30). The Balaban J connectivity index is 1.33. The topological polar surface area (TPSA) is 63.1 Å². The first-order chi connectivity index (χ1) is 14.6. The van der Waals surface area contributed by atoms with E-state index in [1.807, 2.05) is 10.7 Å². The van der Waals surface area contributed by atoms with Gasteiger partial charge in [-0.15, -0.1) is 0 Å². The van der Waals surface area contributed by atoms with E-state index < -0.39 is 0 Å². The van der Waals surface area contributed by atoms with Crippen LogP contribution >= 0.6 is 0 Å². The Morgan fingerprint density at radius 2 is 1.87 bits per heavy atom. The van der Waals surface area contributed by atoms with Gasteiger partial charge < -0.3 is 5.32 Å². The molecule has 1 amide bonds. The predicted molar refractivity (Wildman–Crippen MR) is 118 cm³/mol. The highest BCUT2D eigenvalue weighted by Crippen LogP contribution is 2.26. The minimum atomic E-state index is -0.160. The van der Waals surface area contributed by atoms with E-state index in [-0.39, 0.29) is 5.91 Å². The van der Waals surface area contributed by atoms with Gasteiger partial charge in [0.05, 0.1) is 17.8 Å². The average Bonchev–Trinajstić information content (AvgIpc) is 3.23. The number of aromatic nitrogens is 3. The van der Waals surface area contributed by atoms with Crippen molar-refractivity contribution in [2.24, 2.45) is 0 Å². The van der Waals surface area contributed by atoms with Crippen LogP contribution in [0.15, 0.2) is 61.1 Å². The van der Waals surface area contributed by atoms with Gasteiger partial charge in [0.1, 0.15) is 5.82 Å². The van der Waals surface area contributed by atoms with Gasteiger partial charge in [0.25, 0.3) is 5.91 Å². The number of carbonyl (C=O) groups excluding carboxylic acids is 1. The number of hydrogen-bond acceptors (Lipinski definition) is 4. The minimum Gasteiger partial charge on any atom is -0.307 e. The van der Waals surface area contributed by atoms with Gasteiger partial charge in [0.15, 0.2) is 0 Å². The van der Waals surface area contributed by atoms with Crippen LogP contribution in [-0.2, 0) is 6.54 Å². The third-order valence-corrected chi connectivity index (χ3v) is 5.79. The number of carbonyl (C=O) groups is 1. The second kappa shape index (κ2) is 9.22. The van der Waals surface area contributed by atoms with Crippen LogP contribution in [0, 0.1) is 0 Å². The Morgan fingerprint density at radius 1 is 1.10 bits per heavy atom. The van der Waals surface area contributed by atoms with Crippen molar-refractivity contribution in [3.63, 3.8) is 0 Å². The number of nitrogens with one attached hydrogen (secondary N) is 1. The van der Waals surface area contributed by atoms with Gasteiger partial charge >= 0.3 is 0 Å². The molecular formula is C24H29N5O. The van der Waals surface area contributed by atoms with E-state index in [1.54, 1.807) is 30.7 Å². The monoisotopic (exact) mass is 403 g/mol. The lowest BCUT2D eigenvalue weighted by molar-refractivity contribution is 0.102. The molecule has 6 nitrogen and oxygen atoms in total. The summed E-state index contributed by atoms with van der Waals surface area (Å²) in [6, 6.07) is 14.7. The maximum atomic E-state index is 12.5. The summed E-state index contributed by atoms with van der Waals surface area (Å²) in [5, 5.41) is 7.47. The summed E-state index contributed by atoms with van der Waals surface area (Å²) in [4.78, 5) is 19.0. The van der Waals surface area contributed by atoms with Gasteiger partial charge in [-0.1, -0.05) is 38.1 Å². The number of anilines is 1. The van der Waals surface area contributed by atoms with Gasteiger partial charge in [0.2, 0.25) is 0 Å². The van der Waals surface area contributed by atoms with Crippen LogP contribution < -0.4 is 5.32 Å². The van der Waals surface area contributed by atoms with Crippen molar-refractivity contribution in [3.05, 3.63) is 77.7 Å². The number of likely N-dealkylation sites (tertiary alicyclic amines) is 1. The second-order valence-electron chi connectivity index (χ2n) is 8.26.